The van der Waals surface area contributed by atoms with Gasteiger partial charge in [-0.25, -0.2) is 0 Å². The highest BCUT2D eigenvalue weighted by atomic mass is 127. The van der Waals surface area contributed by atoms with Gasteiger partial charge in [0.2, 0.25) is 0 Å². The Kier molecular flexibility index (Phi) is 8.51. The third kappa shape index (κ3) is 6.16. The summed E-state index contributed by atoms with van der Waals surface area (Å²) < 4.78 is 11.3. The molecule has 2 aliphatic carbocycles. The van der Waals surface area contributed by atoms with Gasteiger partial charge in [0, 0.05) is 20.1 Å². The minimum absolute atomic E-state index is 0. The summed E-state index contributed by atoms with van der Waals surface area (Å²) in [6, 6.07) is 6.19. The molecule has 1 aromatic carbocycles. The van der Waals surface area contributed by atoms with Gasteiger partial charge in [-0.3, -0.25) is 4.99 Å². The van der Waals surface area contributed by atoms with Gasteiger partial charge in [-0.15, -0.1) is 24.0 Å². The Labute approximate surface area is 180 Å². The van der Waals surface area contributed by atoms with Crippen molar-refractivity contribution in [1.29, 1.82) is 0 Å². The summed E-state index contributed by atoms with van der Waals surface area (Å²) in [4.78, 5) is 4.37. The number of hydrogen-bond acceptors (Lipinski definition) is 3. The molecule has 0 bridgehead atoms. The first-order valence-electron chi connectivity index (χ1n) is 10.0. The second-order valence-corrected chi connectivity index (χ2v) is 7.39. The zero-order valence-electron chi connectivity index (χ0n) is 16.8. The first-order chi connectivity index (χ1) is 12.7. The second-order valence-electron chi connectivity index (χ2n) is 7.39. The summed E-state index contributed by atoms with van der Waals surface area (Å²) in [5.41, 5.74) is 1.82. The summed E-state index contributed by atoms with van der Waals surface area (Å²) in [7, 11) is 1.84. The highest BCUT2D eigenvalue weighted by Crippen LogP contribution is 2.60. The van der Waals surface area contributed by atoms with Crippen LogP contribution in [0.4, 0.5) is 0 Å². The highest BCUT2D eigenvalue weighted by Gasteiger charge is 2.53. The van der Waals surface area contributed by atoms with E-state index in [9.17, 15) is 0 Å². The monoisotopic (exact) mass is 487 g/mol. The summed E-state index contributed by atoms with van der Waals surface area (Å²) >= 11 is 0. The van der Waals surface area contributed by atoms with Gasteiger partial charge >= 0.3 is 0 Å². The normalized spacial score (nSPS) is 17.7. The number of nitrogens with one attached hydrogen (secondary N) is 2. The predicted octanol–water partition coefficient (Wildman–Crippen LogP) is 4.00. The van der Waals surface area contributed by atoms with Crippen molar-refractivity contribution in [3.05, 3.63) is 23.8 Å². The lowest BCUT2D eigenvalue weighted by Gasteiger charge is -2.18. The van der Waals surface area contributed by atoms with Crippen LogP contribution in [-0.2, 0) is 6.42 Å². The maximum Gasteiger partial charge on any atom is 0.191 e. The summed E-state index contributed by atoms with van der Waals surface area (Å²) in [6.07, 6.45) is 6.53. The van der Waals surface area contributed by atoms with Gasteiger partial charge in [-0.1, -0.05) is 6.07 Å². The first kappa shape index (κ1) is 22.1. The van der Waals surface area contributed by atoms with E-state index >= 15 is 0 Å². The molecule has 27 heavy (non-hydrogen) atoms. The average molecular weight is 487 g/mol. The lowest BCUT2D eigenvalue weighted by Crippen LogP contribution is -2.41. The number of benzene rings is 1. The molecule has 0 radical (unpaired) electrons. The van der Waals surface area contributed by atoms with E-state index in [1.807, 2.05) is 27.0 Å². The van der Waals surface area contributed by atoms with Crippen molar-refractivity contribution >= 4 is 29.9 Å². The average Bonchev–Trinajstić information content (AvgIpc) is 3.54. The van der Waals surface area contributed by atoms with Crippen LogP contribution < -0.4 is 20.1 Å². The fourth-order valence-electron chi connectivity index (χ4n) is 3.64. The number of ether oxygens (including phenoxy) is 2. The molecule has 0 atom stereocenters. The van der Waals surface area contributed by atoms with Crippen molar-refractivity contribution in [3.63, 3.8) is 0 Å². The van der Waals surface area contributed by atoms with E-state index in [0.717, 1.165) is 42.9 Å². The van der Waals surface area contributed by atoms with Crippen molar-refractivity contribution in [1.82, 2.24) is 10.6 Å². The number of hydrogen-bond donors (Lipinski definition) is 2. The Hall–Kier alpha value is -1.18. The second kappa shape index (κ2) is 10.4. The quantitative estimate of drug-likeness (QED) is 0.298. The molecule has 0 unspecified atom stereocenters. The molecule has 6 heteroatoms. The Bertz CT molecular complexity index is 628. The SMILES string of the molecule is CCOc1ccc(CCNC(=NC)NCC2(C3CC3)CC2)cc1OCC.I. The van der Waals surface area contributed by atoms with Crippen LogP contribution in [0.15, 0.2) is 23.2 Å². The largest absolute Gasteiger partial charge is 0.490 e. The molecule has 0 aliphatic heterocycles. The molecular formula is C21H34IN3O2. The maximum atomic E-state index is 5.71. The smallest absolute Gasteiger partial charge is 0.191 e. The van der Waals surface area contributed by atoms with Gasteiger partial charge in [0.1, 0.15) is 0 Å². The van der Waals surface area contributed by atoms with Crippen LogP contribution in [0.2, 0.25) is 0 Å². The van der Waals surface area contributed by atoms with Gasteiger partial charge in [-0.2, -0.15) is 0 Å². The molecule has 0 aromatic heterocycles. The van der Waals surface area contributed by atoms with Crippen LogP contribution in [0.25, 0.3) is 0 Å². The van der Waals surface area contributed by atoms with E-state index in [1.54, 1.807) is 0 Å². The molecular weight excluding hydrogens is 453 g/mol. The first-order valence-corrected chi connectivity index (χ1v) is 10.0. The zero-order chi connectivity index (χ0) is 18.4. The van der Waals surface area contributed by atoms with Crippen LogP contribution in [0.5, 0.6) is 11.5 Å². The summed E-state index contributed by atoms with van der Waals surface area (Å²) in [6.45, 7) is 7.17. The van der Waals surface area contributed by atoms with Crippen molar-refractivity contribution in [3.8, 4) is 11.5 Å². The van der Waals surface area contributed by atoms with Crippen LogP contribution >= 0.6 is 24.0 Å². The summed E-state index contributed by atoms with van der Waals surface area (Å²) in [5.74, 6) is 3.52. The third-order valence-electron chi connectivity index (χ3n) is 5.48. The molecule has 0 heterocycles. The van der Waals surface area contributed by atoms with E-state index in [4.69, 9.17) is 9.47 Å². The van der Waals surface area contributed by atoms with Gasteiger partial charge in [0.25, 0.3) is 0 Å². The minimum atomic E-state index is 0. The number of aliphatic imine (C=N–C) groups is 1. The van der Waals surface area contributed by atoms with Gasteiger partial charge in [0.15, 0.2) is 17.5 Å². The van der Waals surface area contributed by atoms with Crippen molar-refractivity contribution in [2.75, 3.05) is 33.4 Å². The zero-order valence-corrected chi connectivity index (χ0v) is 19.2. The third-order valence-corrected chi connectivity index (χ3v) is 5.48. The van der Waals surface area contributed by atoms with E-state index < -0.39 is 0 Å². The highest BCUT2D eigenvalue weighted by molar-refractivity contribution is 14.0. The number of rotatable bonds is 10. The molecule has 2 aliphatic rings. The van der Waals surface area contributed by atoms with Gasteiger partial charge in [-0.05, 0) is 75.0 Å². The van der Waals surface area contributed by atoms with Crippen LogP contribution in [-0.4, -0.2) is 39.3 Å². The number of guanidine groups is 1. The lowest BCUT2D eigenvalue weighted by molar-refractivity contribution is 0.287. The van der Waals surface area contributed by atoms with Crippen molar-refractivity contribution in [2.24, 2.45) is 16.3 Å². The topological polar surface area (TPSA) is 54.9 Å². The van der Waals surface area contributed by atoms with Crippen LogP contribution in [0.1, 0.15) is 45.1 Å². The van der Waals surface area contributed by atoms with Crippen LogP contribution in [0, 0.1) is 11.3 Å². The number of halogens is 1. The van der Waals surface area contributed by atoms with E-state index in [1.165, 1.54) is 31.2 Å². The standard InChI is InChI=1S/C21H33N3O2.HI/c1-4-25-18-9-6-16(14-19(18)26-5-2)10-13-23-20(22-3)24-15-21(11-12-21)17-7-8-17;/h6,9,14,17H,4-5,7-8,10-13,15H2,1-3H3,(H2,22,23,24);1H. The fraction of sp³-hybridized carbons (Fsp3) is 0.667. The van der Waals surface area contributed by atoms with Crippen molar-refractivity contribution < 1.29 is 9.47 Å². The number of nitrogens with zero attached hydrogens (tertiary/aromatic N) is 1. The fourth-order valence-corrected chi connectivity index (χ4v) is 3.64. The summed E-state index contributed by atoms with van der Waals surface area (Å²) in [5, 5.41) is 6.97. The van der Waals surface area contributed by atoms with E-state index in [-0.39, 0.29) is 24.0 Å². The molecule has 2 fully saturated rings. The molecule has 2 N–H and O–H groups in total. The lowest BCUT2D eigenvalue weighted by atomic mass is 10.0. The van der Waals surface area contributed by atoms with E-state index in [0.29, 0.717) is 18.6 Å². The van der Waals surface area contributed by atoms with Gasteiger partial charge in [0.05, 0.1) is 13.2 Å². The predicted molar refractivity (Wildman–Crippen MR) is 122 cm³/mol. The van der Waals surface area contributed by atoms with Gasteiger partial charge < -0.3 is 20.1 Å². The molecule has 0 amide bonds. The Morgan fingerprint density at radius 3 is 2.41 bits per heavy atom. The maximum absolute atomic E-state index is 5.71. The Morgan fingerprint density at radius 2 is 1.81 bits per heavy atom. The minimum Gasteiger partial charge on any atom is -0.490 e. The van der Waals surface area contributed by atoms with Crippen molar-refractivity contribution in [2.45, 2.75) is 46.0 Å². The Balaban J connectivity index is 0.00000261. The molecule has 3 rings (SSSR count). The molecule has 2 saturated carbocycles. The molecule has 5 nitrogen and oxygen atoms in total. The molecule has 152 valence electrons. The van der Waals surface area contributed by atoms with E-state index in [2.05, 4.69) is 27.8 Å². The molecule has 0 spiro atoms. The van der Waals surface area contributed by atoms with Crippen LogP contribution in [0.3, 0.4) is 0 Å². The molecule has 1 aromatic rings. The molecule has 0 saturated heterocycles. The Morgan fingerprint density at radius 1 is 1.11 bits per heavy atom.